The van der Waals surface area contributed by atoms with Crippen molar-refractivity contribution < 1.29 is 18.7 Å². The molecule has 1 aromatic carbocycles. The molecule has 2 aromatic rings. The largest absolute Gasteiger partial charge is 0.492 e. The van der Waals surface area contributed by atoms with Gasteiger partial charge in [0, 0.05) is 12.0 Å². The van der Waals surface area contributed by atoms with Gasteiger partial charge in [-0.25, -0.2) is 13.8 Å². The van der Waals surface area contributed by atoms with Gasteiger partial charge in [-0.3, -0.25) is 0 Å². The molecule has 0 fully saturated rings. The fourth-order valence-electron chi connectivity index (χ4n) is 1.89. The summed E-state index contributed by atoms with van der Waals surface area (Å²) in [6.07, 6.45) is 5.09. The summed E-state index contributed by atoms with van der Waals surface area (Å²) in [5.74, 6) is -0.0413. The van der Waals surface area contributed by atoms with Crippen LogP contribution in [-0.2, 0) is 0 Å². The first-order valence-corrected chi connectivity index (χ1v) is 6.75. The molecule has 0 spiro atoms. The second-order valence-electron chi connectivity index (χ2n) is 4.77. The maximum absolute atomic E-state index is 14.1. The van der Waals surface area contributed by atoms with E-state index in [1.165, 1.54) is 6.07 Å². The minimum Gasteiger partial charge on any atom is -0.492 e. The Hall–Kier alpha value is -2.39. The second-order valence-corrected chi connectivity index (χ2v) is 5.18. The molecule has 0 radical (unpaired) electrons. The van der Waals surface area contributed by atoms with Crippen LogP contribution in [0.2, 0.25) is 5.02 Å². The molecule has 116 valence electrons. The van der Waals surface area contributed by atoms with Crippen molar-refractivity contribution in [3.8, 4) is 29.7 Å². The number of nitrogens with zero attached hydrogens (tertiary/aromatic N) is 1. The molecular weight excluding hydrogens is 313 g/mol. The molecule has 0 aliphatic carbocycles. The molecule has 0 atom stereocenters. The normalized spacial score (nSPS) is 10.7. The van der Waals surface area contributed by atoms with Gasteiger partial charge in [0.25, 0.3) is 0 Å². The van der Waals surface area contributed by atoms with Crippen molar-refractivity contribution in [3.05, 3.63) is 39.3 Å². The molecule has 0 aliphatic rings. The topological polar surface area (TPSA) is 64.6 Å². The lowest BCUT2D eigenvalue weighted by Gasteiger charge is -2.10. The number of aromatic nitrogens is 1. The Morgan fingerprint density at radius 3 is 2.77 bits per heavy atom. The highest BCUT2D eigenvalue weighted by Crippen LogP contribution is 2.33. The summed E-state index contributed by atoms with van der Waals surface area (Å²) in [7, 11) is 0. The van der Waals surface area contributed by atoms with Crippen LogP contribution in [0.4, 0.5) is 4.39 Å². The summed E-state index contributed by atoms with van der Waals surface area (Å²) in [6, 6.07) is 2.15. The van der Waals surface area contributed by atoms with E-state index in [0.29, 0.717) is 4.57 Å². The maximum atomic E-state index is 14.1. The van der Waals surface area contributed by atoms with Crippen LogP contribution in [0.5, 0.6) is 11.6 Å². The predicted octanol–water partition coefficient (Wildman–Crippen LogP) is 3.06. The molecule has 1 N–H and O–H groups in total. The first kappa shape index (κ1) is 16.0. The van der Waals surface area contributed by atoms with Crippen molar-refractivity contribution in [1.82, 2.24) is 4.57 Å². The molecule has 0 bridgehead atoms. The van der Waals surface area contributed by atoms with Gasteiger partial charge >= 0.3 is 5.76 Å². The molecule has 0 saturated carbocycles. The fourth-order valence-corrected chi connectivity index (χ4v) is 2.10. The molecule has 22 heavy (non-hydrogen) atoms. The lowest BCUT2D eigenvalue weighted by atomic mass is 10.2. The van der Waals surface area contributed by atoms with Crippen LogP contribution in [0.15, 0.2) is 21.3 Å². The Bertz CT molecular complexity index is 801. The van der Waals surface area contributed by atoms with Gasteiger partial charge in [0.1, 0.15) is 18.2 Å². The van der Waals surface area contributed by atoms with Crippen molar-refractivity contribution >= 4 is 11.6 Å². The van der Waals surface area contributed by atoms with Crippen molar-refractivity contribution in [3.63, 3.8) is 0 Å². The summed E-state index contributed by atoms with van der Waals surface area (Å²) < 4.78 is 25.0. The fraction of sp³-hybridized carbons (Fsp3) is 0.267. The first-order chi connectivity index (χ1) is 10.4. The average Bonchev–Trinajstić information content (AvgIpc) is 2.74. The summed E-state index contributed by atoms with van der Waals surface area (Å²) in [6.45, 7) is 3.37. The van der Waals surface area contributed by atoms with E-state index in [4.69, 9.17) is 27.2 Å². The van der Waals surface area contributed by atoms with Crippen molar-refractivity contribution in [2.45, 2.75) is 19.8 Å². The summed E-state index contributed by atoms with van der Waals surface area (Å²) >= 11 is 5.85. The number of oxazole rings is 1. The third kappa shape index (κ3) is 2.81. The quantitative estimate of drug-likeness (QED) is 0.877. The number of halogens is 2. The van der Waals surface area contributed by atoms with E-state index in [1.807, 2.05) is 0 Å². The molecular formula is C15H13ClFNO4. The van der Waals surface area contributed by atoms with Gasteiger partial charge in [-0.1, -0.05) is 31.4 Å². The molecule has 1 heterocycles. The predicted molar refractivity (Wildman–Crippen MR) is 79.4 cm³/mol. The van der Waals surface area contributed by atoms with Gasteiger partial charge in [-0.05, 0) is 6.07 Å². The van der Waals surface area contributed by atoms with Crippen LogP contribution >= 0.6 is 11.6 Å². The summed E-state index contributed by atoms with van der Waals surface area (Å²) in [5, 5.41) is 10.1. The monoisotopic (exact) mass is 325 g/mol. The number of hydrogen-bond donors (Lipinski definition) is 1. The molecule has 7 heteroatoms. The molecule has 0 saturated heterocycles. The van der Waals surface area contributed by atoms with Gasteiger partial charge < -0.3 is 14.3 Å². The Balaban J connectivity index is 2.63. The highest BCUT2D eigenvalue weighted by Gasteiger charge is 2.23. The Labute approximate surface area is 130 Å². The highest BCUT2D eigenvalue weighted by molar-refractivity contribution is 6.32. The van der Waals surface area contributed by atoms with E-state index < -0.39 is 17.5 Å². The average molecular weight is 326 g/mol. The van der Waals surface area contributed by atoms with Crippen LogP contribution < -0.4 is 10.5 Å². The zero-order valence-electron chi connectivity index (χ0n) is 11.9. The molecule has 0 amide bonds. The zero-order valence-corrected chi connectivity index (χ0v) is 12.6. The maximum Gasteiger partial charge on any atom is 0.426 e. The number of ether oxygens (including phenoxy) is 1. The SMILES string of the molecule is C#CCOc1cc(-n2c(O)c(C(C)C)oc2=O)c(F)cc1Cl. The van der Waals surface area contributed by atoms with E-state index in [2.05, 4.69) is 5.92 Å². The molecule has 1 aromatic heterocycles. The smallest absolute Gasteiger partial charge is 0.426 e. The standard InChI is InChI=1S/C15H13ClFNO4/c1-4-5-21-12-7-11(10(17)6-9(12)16)18-14(19)13(8(2)3)22-15(18)20/h1,6-8,19H,5H2,2-3H3. The van der Waals surface area contributed by atoms with Crippen LogP contribution in [0, 0.1) is 18.2 Å². The first-order valence-electron chi connectivity index (χ1n) is 6.37. The number of rotatable bonds is 4. The Morgan fingerprint density at radius 1 is 1.55 bits per heavy atom. The zero-order chi connectivity index (χ0) is 16.4. The highest BCUT2D eigenvalue weighted by atomic mass is 35.5. The van der Waals surface area contributed by atoms with Gasteiger partial charge in [0.2, 0.25) is 5.88 Å². The second kappa shape index (κ2) is 6.16. The molecule has 5 nitrogen and oxygen atoms in total. The van der Waals surface area contributed by atoms with Crippen molar-refractivity contribution in [2.24, 2.45) is 0 Å². The molecule has 0 aliphatic heterocycles. The molecule has 2 rings (SSSR count). The number of benzene rings is 1. The van der Waals surface area contributed by atoms with Gasteiger partial charge in [0.05, 0.1) is 10.7 Å². The van der Waals surface area contributed by atoms with Crippen molar-refractivity contribution in [1.29, 1.82) is 0 Å². The summed E-state index contributed by atoms with van der Waals surface area (Å²) in [5.41, 5.74) is -0.241. The van der Waals surface area contributed by atoms with E-state index in [0.717, 1.165) is 6.07 Å². The minimum absolute atomic E-state index is 0.00313. The number of hydrogen-bond acceptors (Lipinski definition) is 4. The van der Waals surface area contributed by atoms with Crippen LogP contribution in [0.1, 0.15) is 25.5 Å². The van der Waals surface area contributed by atoms with E-state index in [-0.39, 0.29) is 34.7 Å². The van der Waals surface area contributed by atoms with E-state index in [9.17, 15) is 14.3 Å². The lowest BCUT2D eigenvalue weighted by molar-refractivity contribution is 0.369. The van der Waals surface area contributed by atoms with Crippen LogP contribution in [-0.4, -0.2) is 16.3 Å². The van der Waals surface area contributed by atoms with E-state index >= 15 is 0 Å². The third-order valence-electron chi connectivity index (χ3n) is 2.89. The van der Waals surface area contributed by atoms with Gasteiger partial charge in [-0.15, -0.1) is 6.42 Å². The van der Waals surface area contributed by atoms with Crippen LogP contribution in [0.25, 0.3) is 5.69 Å². The van der Waals surface area contributed by atoms with Crippen LogP contribution in [0.3, 0.4) is 0 Å². The minimum atomic E-state index is -0.912. The lowest BCUT2D eigenvalue weighted by Crippen LogP contribution is -2.13. The number of aromatic hydroxyl groups is 1. The van der Waals surface area contributed by atoms with E-state index in [1.54, 1.807) is 13.8 Å². The van der Waals surface area contributed by atoms with Gasteiger partial charge in [-0.2, -0.15) is 0 Å². The number of terminal acetylenes is 1. The summed E-state index contributed by atoms with van der Waals surface area (Å²) in [4.78, 5) is 11.9. The third-order valence-corrected chi connectivity index (χ3v) is 3.19. The Morgan fingerprint density at radius 2 is 2.23 bits per heavy atom. The van der Waals surface area contributed by atoms with Crippen molar-refractivity contribution in [2.75, 3.05) is 6.61 Å². The Kier molecular flexibility index (Phi) is 4.48. The molecule has 0 unspecified atom stereocenters. The van der Waals surface area contributed by atoms with Gasteiger partial charge in [0.15, 0.2) is 5.76 Å².